The van der Waals surface area contributed by atoms with Crippen LogP contribution in [-0.2, 0) is 17.4 Å². The van der Waals surface area contributed by atoms with Crippen LogP contribution in [0, 0.1) is 0 Å². The maximum Gasteiger partial charge on any atom is 0.235 e. The summed E-state index contributed by atoms with van der Waals surface area (Å²) in [7, 11) is 1.87. The van der Waals surface area contributed by atoms with Gasteiger partial charge in [-0.1, -0.05) is 0 Å². The third-order valence-electron chi connectivity index (χ3n) is 1.66. The second-order valence-electron chi connectivity index (χ2n) is 3.19. The van der Waals surface area contributed by atoms with Crippen LogP contribution in [0.3, 0.4) is 0 Å². The highest BCUT2D eigenvalue weighted by Gasteiger charge is 2.21. The fourth-order valence-electron chi connectivity index (χ4n) is 0.900. The van der Waals surface area contributed by atoms with Gasteiger partial charge in [0.15, 0.2) is 0 Å². The van der Waals surface area contributed by atoms with Gasteiger partial charge in [-0.15, -0.1) is 0 Å². The number of nitrogens with zero attached hydrogens (tertiary/aromatic N) is 3. The van der Waals surface area contributed by atoms with E-state index in [0.29, 0.717) is 0 Å². The number of hydrogen-bond donors (Lipinski definition) is 0. The van der Waals surface area contributed by atoms with Crippen molar-refractivity contribution in [3.63, 3.8) is 0 Å². The maximum atomic E-state index is 10.1. The van der Waals surface area contributed by atoms with Crippen molar-refractivity contribution in [1.82, 2.24) is 9.55 Å². The first-order valence-corrected chi connectivity index (χ1v) is 3.64. The van der Waals surface area contributed by atoms with Crippen LogP contribution in [0.25, 0.3) is 0 Å². The van der Waals surface area contributed by atoms with Gasteiger partial charge in [0.25, 0.3) is 0 Å². The Morgan fingerprint density at radius 2 is 2.33 bits per heavy atom. The van der Waals surface area contributed by atoms with Gasteiger partial charge in [0, 0.05) is 13.2 Å². The first-order chi connectivity index (χ1) is 5.56. The highest BCUT2D eigenvalue weighted by atomic mass is 16.1. The minimum Gasteiger partial charge on any atom is -0.340 e. The van der Waals surface area contributed by atoms with E-state index >= 15 is 0 Å². The number of rotatable bonds is 2. The summed E-state index contributed by atoms with van der Waals surface area (Å²) in [6, 6.07) is 0. The second-order valence-corrected chi connectivity index (χ2v) is 3.19. The minimum absolute atomic E-state index is 0.566. The van der Waals surface area contributed by atoms with Crippen molar-refractivity contribution in [3.8, 4) is 0 Å². The first kappa shape index (κ1) is 8.68. The van der Waals surface area contributed by atoms with Gasteiger partial charge < -0.3 is 4.57 Å². The number of hydrogen-bond acceptors (Lipinski definition) is 3. The molecular formula is C8H11N3O. The van der Waals surface area contributed by atoms with Crippen LogP contribution in [0.1, 0.15) is 19.5 Å². The lowest BCUT2D eigenvalue weighted by Crippen LogP contribution is -2.13. The number of carbonyl (C=O) groups excluding carboxylic acids is 1. The molecule has 12 heavy (non-hydrogen) atoms. The predicted octanol–water partition coefficient (Wildman–Crippen LogP) is 0.991. The topological polar surface area (TPSA) is 47.2 Å². The molecule has 1 aromatic rings. The van der Waals surface area contributed by atoms with Crippen molar-refractivity contribution in [3.05, 3.63) is 18.2 Å². The number of aryl methyl sites for hydroxylation is 1. The number of aliphatic imine (C=N–C) groups is 1. The van der Waals surface area contributed by atoms with E-state index in [9.17, 15) is 4.79 Å². The van der Waals surface area contributed by atoms with Crippen LogP contribution >= 0.6 is 0 Å². The molecule has 0 aromatic carbocycles. The van der Waals surface area contributed by atoms with Crippen LogP contribution in [0.2, 0.25) is 0 Å². The van der Waals surface area contributed by atoms with Gasteiger partial charge in [0.2, 0.25) is 6.08 Å². The standard InChI is InChI=1S/C8H11N3O/c1-8(2,10-6-12)7-4-11(3)5-9-7/h4-5H,1-3H3. The summed E-state index contributed by atoms with van der Waals surface area (Å²) in [6.07, 6.45) is 5.05. The minimum atomic E-state index is -0.566. The van der Waals surface area contributed by atoms with Crippen molar-refractivity contribution < 1.29 is 4.79 Å². The summed E-state index contributed by atoms with van der Waals surface area (Å²) in [4.78, 5) is 17.8. The van der Waals surface area contributed by atoms with E-state index in [2.05, 4.69) is 9.98 Å². The van der Waals surface area contributed by atoms with Crippen molar-refractivity contribution in [1.29, 1.82) is 0 Å². The molecule has 1 heterocycles. The van der Waals surface area contributed by atoms with Gasteiger partial charge >= 0.3 is 0 Å². The lowest BCUT2D eigenvalue weighted by atomic mass is 10.0. The Labute approximate surface area is 71.0 Å². The van der Waals surface area contributed by atoms with Crippen LogP contribution in [0.4, 0.5) is 0 Å². The first-order valence-electron chi connectivity index (χ1n) is 3.64. The molecule has 0 aliphatic carbocycles. The number of imidazole rings is 1. The third-order valence-corrected chi connectivity index (χ3v) is 1.66. The fourth-order valence-corrected chi connectivity index (χ4v) is 0.900. The van der Waals surface area contributed by atoms with Crippen LogP contribution in [0.5, 0.6) is 0 Å². The zero-order valence-corrected chi connectivity index (χ0v) is 7.40. The monoisotopic (exact) mass is 165 g/mol. The average Bonchev–Trinajstić information content (AvgIpc) is 2.36. The molecule has 0 saturated heterocycles. The molecule has 0 aliphatic heterocycles. The highest BCUT2D eigenvalue weighted by molar-refractivity contribution is 5.35. The van der Waals surface area contributed by atoms with Crippen molar-refractivity contribution >= 4 is 6.08 Å². The smallest absolute Gasteiger partial charge is 0.235 e. The molecular weight excluding hydrogens is 154 g/mol. The van der Waals surface area contributed by atoms with E-state index < -0.39 is 5.54 Å². The molecule has 0 aliphatic rings. The van der Waals surface area contributed by atoms with E-state index in [4.69, 9.17) is 0 Å². The van der Waals surface area contributed by atoms with E-state index in [1.807, 2.05) is 31.7 Å². The molecule has 0 unspecified atom stereocenters. The lowest BCUT2D eigenvalue weighted by Gasteiger charge is -2.12. The summed E-state index contributed by atoms with van der Waals surface area (Å²) in [5.41, 5.74) is 0.205. The number of aromatic nitrogens is 2. The Balaban J connectivity index is 3.04. The molecule has 0 atom stereocenters. The molecule has 1 aromatic heterocycles. The average molecular weight is 165 g/mol. The van der Waals surface area contributed by atoms with E-state index in [-0.39, 0.29) is 0 Å². The SMILES string of the molecule is Cn1cnc(C(C)(C)N=C=O)c1. The number of isocyanates is 1. The van der Waals surface area contributed by atoms with Gasteiger partial charge in [0.1, 0.15) is 5.54 Å². The van der Waals surface area contributed by atoms with Gasteiger partial charge in [0.05, 0.1) is 12.0 Å². The Morgan fingerprint density at radius 3 is 2.75 bits per heavy atom. The molecule has 0 saturated carbocycles. The Bertz CT molecular complexity index is 321. The highest BCUT2D eigenvalue weighted by Crippen LogP contribution is 2.21. The molecule has 0 spiro atoms. The fraction of sp³-hybridized carbons (Fsp3) is 0.500. The van der Waals surface area contributed by atoms with Gasteiger partial charge in [-0.2, -0.15) is 4.99 Å². The maximum absolute atomic E-state index is 10.1. The van der Waals surface area contributed by atoms with Gasteiger partial charge in [-0.25, -0.2) is 9.78 Å². The summed E-state index contributed by atoms with van der Waals surface area (Å²) < 4.78 is 1.82. The summed E-state index contributed by atoms with van der Waals surface area (Å²) >= 11 is 0. The van der Waals surface area contributed by atoms with Crippen molar-refractivity contribution in [2.45, 2.75) is 19.4 Å². The largest absolute Gasteiger partial charge is 0.340 e. The molecule has 4 heteroatoms. The zero-order chi connectivity index (χ0) is 9.19. The van der Waals surface area contributed by atoms with Gasteiger partial charge in [-0.05, 0) is 13.8 Å². The molecule has 0 radical (unpaired) electrons. The Morgan fingerprint density at radius 1 is 1.67 bits per heavy atom. The lowest BCUT2D eigenvalue weighted by molar-refractivity contribution is 0.514. The third kappa shape index (κ3) is 1.60. The van der Waals surface area contributed by atoms with E-state index in [0.717, 1.165) is 5.69 Å². The van der Waals surface area contributed by atoms with Crippen LogP contribution in [-0.4, -0.2) is 15.6 Å². The quantitative estimate of drug-likeness (QED) is 0.484. The molecule has 64 valence electrons. The second kappa shape index (κ2) is 2.91. The van der Waals surface area contributed by atoms with Crippen LogP contribution in [0.15, 0.2) is 17.5 Å². The summed E-state index contributed by atoms with van der Waals surface area (Å²) in [5, 5.41) is 0. The van der Waals surface area contributed by atoms with Crippen LogP contribution < -0.4 is 0 Å². The predicted molar refractivity (Wildman–Crippen MR) is 44.4 cm³/mol. The summed E-state index contributed by atoms with van der Waals surface area (Å²) in [6.45, 7) is 3.64. The summed E-state index contributed by atoms with van der Waals surface area (Å²) in [5.74, 6) is 0. The Kier molecular flexibility index (Phi) is 2.11. The van der Waals surface area contributed by atoms with Crippen molar-refractivity contribution in [2.75, 3.05) is 0 Å². The normalized spacial score (nSPS) is 10.9. The molecule has 0 fully saturated rings. The van der Waals surface area contributed by atoms with Gasteiger partial charge in [-0.3, -0.25) is 0 Å². The van der Waals surface area contributed by atoms with E-state index in [1.54, 1.807) is 12.4 Å². The molecule has 0 amide bonds. The molecule has 4 nitrogen and oxygen atoms in total. The molecule has 0 bridgehead atoms. The Hall–Kier alpha value is -1.41. The molecule has 0 N–H and O–H groups in total. The van der Waals surface area contributed by atoms with Crippen molar-refractivity contribution in [2.24, 2.45) is 12.0 Å². The zero-order valence-electron chi connectivity index (χ0n) is 7.40. The molecule has 1 rings (SSSR count). The van der Waals surface area contributed by atoms with E-state index in [1.165, 1.54) is 0 Å².